The van der Waals surface area contributed by atoms with Gasteiger partial charge in [-0.15, -0.1) is 0 Å². The molecule has 2 rings (SSSR count). The van der Waals surface area contributed by atoms with Crippen LogP contribution in [0.15, 0.2) is 31.9 Å². The van der Waals surface area contributed by atoms with Crippen molar-refractivity contribution in [3.8, 4) is 0 Å². The number of rotatable bonds is 1. The van der Waals surface area contributed by atoms with E-state index in [1.165, 1.54) is 18.2 Å². The van der Waals surface area contributed by atoms with E-state index in [2.05, 4.69) is 15.9 Å². The van der Waals surface area contributed by atoms with Crippen molar-refractivity contribution in [1.82, 2.24) is 0 Å². The first-order chi connectivity index (χ1) is 7.49. The van der Waals surface area contributed by atoms with Crippen molar-refractivity contribution < 1.29 is 9.34 Å². The Morgan fingerprint density at radius 2 is 2.06 bits per heavy atom. The average Bonchev–Trinajstić information content (AvgIpc) is 2.18. The smallest absolute Gasteiger partial charge is 0.313 e. The van der Waals surface area contributed by atoms with Gasteiger partial charge >= 0.3 is 5.69 Å². The second kappa shape index (κ2) is 3.71. The van der Waals surface area contributed by atoms with Gasteiger partial charge in [0.25, 0.3) is 0 Å². The molecular formula is C10H6BrNO4. The van der Waals surface area contributed by atoms with Gasteiger partial charge in [0.05, 0.1) is 10.3 Å². The van der Waals surface area contributed by atoms with Crippen molar-refractivity contribution in [2.24, 2.45) is 0 Å². The van der Waals surface area contributed by atoms with Crippen molar-refractivity contribution in [2.75, 3.05) is 0 Å². The molecule has 0 unspecified atom stereocenters. The highest BCUT2D eigenvalue weighted by Crippen LogP contribution is 2.28. The van der Waals surface area contributed by atoms with E-state index in [1.54, 1.807) is 6.92 Å². The van der Waals surface area contributed by atoms with Gasteiger partial charge in [-0.25, -0.2) is 0 Å². The molecule has 0 aliphatic heterocycles. The van der Waals surface area contributed by atoms with E-state index in [0.29, 0.717) is 10.2 Å². The summed E-state index contributed by atoms with van der Waals surface area (Å²) in [5.41, 5.74) is -0.494. The molecule has 0 spiro atoms. The van der Waals surface area contributed by atoms with Crippen molar-refractivity contribution >= 4 is 32.6 Å². The van der Waals surface area contributed by atoms with Crippen LogP contribution in [0.25, 0.3) is 11.0 Å². The fourth-order valence-electron chi connectivity index (χ4n) is 1.46. The Balaban J connectivity index is 3.01. The summed E-state index contributed by atoms with van der Waals surface area (Å²) in [6.45, 7) is 1.58. The van der Waals surface area contributed by atoms with Crippen LogP contribution in [0.5, 0.6) is 0 Å². The first-order valence-corrected chi connectivity index (χ1v) is 5.17. The molecule has 2 aromatic rings. The van der Waals surface area contributed by atoms with Crippen molar-refractivity contribution in [3.63, 3.8) is 0 Å². The molecule has 6 heteroatoms. The maximum atomic E-state index is 11.6. The number of hydrogen-bond donors (Lipinski definition) is 0. The van der Waals surface area contributed by atoms with Gasteiger partial charge in [0.2, 0.25) is 5.58 Å². The Bertz CT molecular complexity index is 647. The highest BCUT2D eigenvalue weighted by Gasteiger charge is 2.17. The summed E-state index contributed by atoms with van der Waals surface area (Å²) >= 11 is 3.12. The number of fused-ring (bicyclic) bond motifs is 1. The Labute approximate surface area is 98.0 Å². The van der Waals surface area contributed by atoms with Crippen LogP contribution in [0, 0.1) is 17.0 Å². The first-order valence-electron chi connectivity index (χ1n) is 4.37. The van der Waals surface area contributed by atoms with E-state index in [0.717, 1.165) is 0 Å². The van der Waals surface area contributed by atoms with Crippen LogP contribution >= 0.6 is 15.9 Å². The highest BCUT2D eigenvalue weighted by molar-refractivity contribution is 9.10. The van der Waals surface area contributed by atoms with Gasteiger partial charge < -0.3 is 4.42 Å². The van der Waals surface area contributed by atoms with Crippen LogP contribution < -0.4 is 5.43 Å². The molecule has 0 atom stereocenters. The number of hydrogen-bond acceptors (Lipinski definition) is 4. The second-order valence-electron chi connectivity index (χ2n) is 3.28. The molecule has 0 saturated heterocycles. The zero-order valence-corrected chi connectivity index (χ0v) is 9.78. The predicted molar refractivity (Wildman–Crippen MR) is 61.6 cm³/mol. The average molecular weight is 284 g/mol. The maximum Gasteiger partial charge on any atom is 0.313 e. The summed E-state index contributed by atoms with van der Waals surface area (Å²) in [7, 11) is 0. The molecule has 82 valence electrons. The highest BCUT2D eigenvalue weighted by atomic mass is 79.9. The van der Waals surface area contributed by atoms with E-state index < -0.39 is 4.92 Å². The number of halogens is 1. The van der Waals surface area contributed by atoms with Crippen molar-refractivity contribution in [3.05, 3.63) is 48.8 Å². The molecule has 0 amide bonds. The van der Waals surface area contributed by atoms with E-state index in [9.17, 15) is 14.9 Å². The fourth-order valence-corrected chi connectivity index (χ4v) is 1.90. The molecule has 0 fully saturated rings. The Kier molecular flexibility index (Phi) is 2.51. The lowest BCUT2D eigenvalue weighted by Gasteiger charge is -2.00. The molecular weight excluding hydrogens is 278 g/mol. The molecule has 0 bridgehead atoms. The lowest BCUT2D eigenvalue weighted by atomic mass is 10.2. The van der Waals surface area contributed by atoms with Gasteiger partial charge in [-0.1, -0.05) is 15.9 Å². The zero-order chi connectivity index (χ0) is 11.9. The molecule has 0 aliphatic carbocycles. The second-order valence-corrected chi connectivity index (χ2v) is 4.20. The summed E-state index contributed by atoms with van der Waals surface area (Å²) in [6, 6.07) is 4.12. The minimum absolute atomic E-state index is 0.0122. The minimum atomic E-state index is -0.574. The summed E-state index contributed by atoms with van der Waals surface area (Å²) in [6.07, 6.45) is 0. The van der Waals surface area contributed by atoms with Gasteiger partial charge in [0.15, 0.2) is 5.43 Å². The van der Waals surface area contributed by atoms with Gasteiger partial charge in [-0.05, 0) is 13.0 Å². The molecule has 0 saturated carbocycles. The molecule has 0 radical (unpaired) electrons. The van der Waals surface area contributed by atoms with Crippen LogP contribution in [-0.2, 0) is 0 Å². The predicted octanol–water partition coefficient (Wildman–Crippen LogP) is 2.77. The SMILES string of the molecule is Cc1cc(=O)c2cc(Br)cc([N+](=O)[O-])c2o1. The zero-order valence-electron chi connectivity index (χ0n) is 8.19. The van der Waals surface area contributed by atoms with E-state index >= 15 is 0 Å². The quantitative estimate of drug-likeness (QED) is 0.596. The lowest BCUT2D eigenvalue weighted by molar-refractivity contribution is -0.383. The van der Waals surface area contributed by atoms with Crippen LogP contribution in [0.3, 0.4) is 0 Å². The minimum Gasteiger partial charge on any atom is -0.454 e. The number of benzene rings is 1. The third kappa shape index (κ3) is 1.71. The van der Waals surface area contributed by atoms with Gasteiger partial charge in [-0.2, -0.15) is 0 Å². The summed E-state index contributed by atoms with van der Waals surface area (Å²) in [5.74, 6) is 0.350. The molecule has 0 aliphatic rings. The third-order valence-electron chi connectivity index (χ3n) is 2.09. The van der Waals surface area contributed by atoms with Gasteiger partial charge in [0.1, 0.15) is 5.76 Å². The molecule has 1 heterocycles. The number of aryl methyl sites for hydroxylation is 1. The number of nitro benzene ring substituents is 1. The van der Waals surface area contributed by atoms with Crippen LogP contribution in [0.2, 0.25) is 0 Å². The fraction of sp³-hybridized carbons (Fsp3) is 0.100. The van der Waals surface area contributed by atoms with E-state index in [1.807, 2.05) is 0 Å². The third-order valence-corrected chi connectivity index (χ3v) is 2.55. The Morgan fingerprint density at radius 1 is 1.38 bits per heavy atom. The molecule has 1 aromatic heterocycles. The van der Waals surface area contributed by atoms with Crippen LogP contribution in [0.1, 0.15) is 5.76 Å². The van der Waals surface area contributed by atoms with Crippen molar-refractivity contribution in [2.45, 2.75) is 6.92 Å². The largest absolute Gasteiger partial charge is 0.454 e. The monoisotopic (exact) mass is 283 g/mol. The Morgan fingerprint density at radius 3 is 2.69 bits per heavy atom. The number of non-ortho nitro benzene ring substituents is 1. The first kappa shape index (κ1) is 10.8. The topological polar surface area (TPSA) is 73.3 Å². The van der Waals surface area contributed by atoms with Crippen LogP contribution in [0.4, 0.5) is 5.69 Å². The van der Waals surface area contributed by atoms with E-state index in [-0.39, 0.29) is 22.1 Å². The Hall–Kier alpha value is -1.69. The molecule has 16 heavy (non-hydrogen) atoms. The van der Waals surface area contributed by atoms with Gasteiger partial charge in [0, 0.05) is 16.6 Å². The number of nitrogens with zero attached hydrogens (tertiary/aromatic N) is 1. The van der Waals surface area contributed by atoms with E-state index in [4.69, 9.17) is 4.42 Å². The molecule has 5 nitrogen and oxygen atoms in total. The normalized spacial score (nSPS) is 10.6. The molecule has 0 N–H and O–H groups in total. The summed E-state index contributed by atoms with van der Waals surface area (Å²) in [4.78, 5) is 21.9. The summed E-state index contributed by atoms with van der Waals surface area (Å²) < 4.78 is 5.70. The lowest BCUT2D eigenvalue weighted by Crippen LogP contribution is -2.02. The van der Waals surface area contributed by atoms with Crippen LogP contribution in [-0.4, -0.2) is 4.92 Å². The standard InChI is InChI=1S/C10H6BrNO4/c1-5-2-9(13)7-3-6(11)4-8(12(14)15)10(7)16-5/h2-4H,1H3. The van der Waals surface area contributed by atoms with Crippen molar-refractivity contribution in [1.29, 1.82) is 0 Å². The maximum absolute atomic E-state index is 11.6. The molecule has 1 aromatic carbocycles. The summed E-state index contributed by atoms with van der Waals surface area (Å²) in [5, 5.41) is 11.0. The number of nitro groups is 1. The van der Waals surface area contributed by atoms with Gasteiger partial charge in [-0.3, -0.25) is 14.9 Å².